The van der Waals surface area contributed by atoms with Crippen LogP contribution in [0.3, 0.4) is 0 Å². The normalized spacial score (nSPS) is 26.4. The molecule has 0 spiro atoms. The number of nitrogens with one attached hydrogen (secondary N) is 1. The Morgan fingerprint density at radius 1 is 1.22 bits per heavy atom. The predicted molar refractivity (Wildman–Crippen MR) is 105 cm³/mol. The van der Waals surface area contributed by atoms with Crippen LogP contribution in [0, 0.1) is 17.2 Å². The van der Waals surface area contributed by atoms with E-state index in [1.807, 2.05) is 30.3 Å². The number of pyridine rings is 1. The predicted octanol–water partition coefficient (Wildman–Crippen LogP) is 3.32. The summed E-state index contributed by atoms with van der Waals surface area (Å²) in [4.78, 5) is 20.5. The van der Waals surface area contributed by atoms with E-state index in [-0.39, 0.29) is 11.9 Å². The number of nitriles is 1. The summed E-state index contributed by atoms with van der Waals surface area (Å²) in [5, 5.41) is 12.9. The topological polar surface area (TPSA) is 69.0 Å². The minimum absolute atomic E-state index is 0.00801. The zero-order chi connectivity index (χ0) is 18.8. The van der Waals surface area contributed by atoms with Gasteiger partial charge in [-0.15, -0.1) is 0 Å². The van der Waals surface area contributed by atoms with Gasteiger partial charge in [-0.1, -0.05) is 11.8 Å². The minimum atomic E-state index is 0.00801. The summed E-state index contributed by atoms with van der Waals surface area (Å²) in [5.41, 5.74) is 1.24. The van der Waals surface area contributed by atoms with Gasteiger partial charge in [0.1, 0.15) is 11.1 Å². The van der Waals surface area contributed by atoms with Gasteiger partial charge in [-0.05, 0) is 75.2 Å². The number of nitrogens with zero attached hydrogens (tertiary/aromatic N) is 3. The lowest BCUT2D eigenvalue weighted by Gasteiger charge is -2.49. The van der Waals surface area contributed by atoms with E-state index in [4.69, 9.17) is 5.26 Å². The van der Waals surface area contributed by atoms with E-state index in [0.717, 1.165) is 23.0 Å². The molecule has 0 aliphatic carbocycles. The first kappa shape index (κ1) is 18.0. The van der Waals surface area contributed by atoms with Crippen LogP contribution in [0.4, 0.5) is 0 Å². The van der Waals surface area contributed by atoms with Crippen molar-refractivity contribution >= 4 is 17.7 Å². The molecule has 5 nitrogen and oxygen atoms in total. The van der Waals surface area contributed by atoms with Gasteiger partial charge in [-0.25, -0.2) is 4.98 Å². The van der Waals surface area contributed by atoms with Gasteiger partial charge in [-0.3, -0.25) is 9.69 Å². The zero-order valence-electron chi connectivity index (χ0n) is 15.3. The van der Waals surface area contributed by atoms with Crippen molar-refractivity contribution in [1.82, 2.24) is 15.2 Å². The molecule has 1 N–H and O–H groups in total. The third kappa shape index (κ3) is 3.85. The Hall–Kier alpha value is -2.36. The fraction of sp³-hybridized carbons (Fsp3) is 0.381. The second kappa shape index (κ2) is 7.71. The standard InChI is InChI=1S/C21H22N4OS/c1-14-20(16-8-10-25(14)11-9-16)24-21(26)17-3-5-18(6-4-17)27-19-7-2-15(12-22)13-23-19/h2-7,13-14,16,20H,8-11H2,1H3,(H,24,26)/t14-,20-/m0/s1. The number of carbonyl (C=O) groups is 1. The highest BCUT2D eigenvalue weighted by molar-refractivity contribution is 7.99. The lowest BCUT2D eigenvalue weighted by Crippen LogP contribution is -2.62. The number of piperidine rings is 3. The van der Waals surface area contributed by atoms with Crippen molar-refractivity contribution in [2.75, 3.05) is 13.1 Å². The summed E-state index contributed by atoms with van der Waals surface area (Å²) < 4.78 is 0. The first-order valence-electron chi connectivity index (χ1n) is 9.33. The maximum Gasteiger partial charge on any atom is 0.251 e. The average molecular weight is 379 g/mol. The van der Waals surface area contributed by atoms with E-state index in [2.05, 4.69) is 28.2 Å². The third-order valence-corrected chi connectivity index (χ3v) is 6.64. The molecule has 3 saturated heterocycles. The minimum Gasteiger partial charge on any atom is -0.347 e. The van der Waals surface area contributed by atoms with E-state index < -0.39 is 0 Å². The lowest BCUT2D eigenvalue weighted by molar-refractivity contribution is 0.0217. The summed E-state index contributed by atoms with van der Waals surface area (Å²) in [6.07, 6.45) is 3.93. The molecule has 1 aromatic carbocycles. The van der Waals surface area contributed by atoms with Crippen LogP contribution >= 0.6 is 11.8 Å². The summed E-state index contributed by atoms with van der Waals surface area (Å²) >= 11 is 1.51. The van der Waals surface area contributed by atoms with E-state index in [9.17, 15) is 4.79 Å². The molecule has 3 aliphatic heterocycles. The molecule has 3 fully saturated rings. The number of carbonyl (C=O) groups excluding carboxylic acids is 1. The van der Waals surface area contributed by atoms with Crippen molar-refractivity contribution < 1.29 is 4.79 Å². The smallest absolute Gasteiger partial charge is 0.251 e. The van der Waals surface area contributed by atoms with Crippen molar-refractivity contribution in [2.24, 2.45) is 5.92 Å². The molecule has 2 atom stereocenters. The molecule has 3 aliphatic rings. The highest BCUT2D eigenvalue weighted by Crippen LogP contribution is 2.32. The number of hydrogen-bond donors (Lipinski definition) is 1. The van der Waals surface area contributed by atoms with Crippen LogP contribution in [0.15, 0.2) is 52.5 Å². The molecule has 5 rings (SSSR count). The van der Waals surface area contributed by atoms with Crippen molar-refractivity contribution in [3.63, 3.8) is 0 Å². The Morgan fingerprint density at radius 2 is 1.96 bits per heavy atom. The number of hydrogen-bond acceptors (Lipinski definition) is 5. The van der Waals surface area contributed by atoms with Crippen LogP contribution in [0.25, 0.3) is 0 Å². The maximum absolute atomic E-state index is 12.7. The summed E-state index contributed by atoms with van der Waals surface area (Å²) in [5.74, 6) is 0.611. The van der Waals surface area contributed by atoms with Crippen molar-refractivity contribution in [3.05, 3.63) is 53.7 Å². The SMILES string of the molecule is C[C@H]1[C@H](NC(=O)c2ccc(Sc3ccc(C#N)cn3)cc2)C2CCN1CC2. The second-order valence-corrected chi connectivity index (χ2v) is 8.33. The average Bonchev–Trinajstić information content (AvgIpc) is 2.72. The fourth-order valence-electron chi connectivity index (χ4n) is 4.08. The molecule has 2 bridgehead atoms. The molecule has 1 amide bonds. The molecule has 6 heteroatoms. The highest BCUT2D eigenvalue weighted by Gasteiger charge is 2.40. The first-order valence-corrected chi connectivity index (χ1v) is 10.1. The Balaban J connectivity index is 1.39. The highest BCUT2D eigenvalue weighted by atomic mass is 32.2. The molecule has 2 aromatic rings. The molecule has 4 heterocycles. The van der Waals surface area contributed by atoms with Crippen molar-refractivity contribution in [2.45, 2.75) is 41.8 Å². The Bertz CT molecular complexity index is 849. The van der Waals surface area contributed by atoms with Crippen LogP contribution in [0.5, 0.6) is 0 Å². The molecule has 0 radical (unpaired) electrons. The zero-order valence-corrected chi connectivity index (χ0v) is 16.1. The van der Waals surface area contributed by atoms with Crippen LogP contribution in [0.2, 0.25) is 0 Å². The van der Waals surface area contributed by atoms with E-state index in [0.29, 0.717) is 23.1 Å². The number of aromatic nitrogens is 1. The molecule has 0 saturated carbocycles. The van der Waals surface area contributed by atoms with Crippen molar-refractivity contribution in [1.29, 1.82) is 5.26 Å². The molecule has 1 aromatic heterocycles. The molecular formula is C21H22N4OS. The van der Waals surface area contributed by atoms with Crippen LogP contribution in [0.1, 0.15) is 35.7 Å². The van der Waals surface area contributed by atoms with Gasteiger partial charge in [0.2, 0.25) is 0 Å². The largest absolute Gasteiger partial charge is 0.347 e. The molecular weight excluding hydrogens is 356 g/mol. The number of rotatable bonds is 4. The molecule has 27 heavy (non-hydrogen) atoms. The summed E-state index contributed by atoms with van der Waals surface area (Å²) in [6, 6.07) is 13.9. The Morgan fingerprint density at radius 3 is 2.56 bits per heavy atom. The summed E-state index contributed by atoms with van der Waals surface area (Å²) in [6.45, 7) is 4.54. The molecule has 0 unspecified atom stereocenters. The van der Waals surface area contributed by atoms with E-state index in [1.54, 1.807) is 12.3 Å². The second-order valence-electron chi connectivity index (χ2n) is 7.24. The van der Waals surface area contributed by atoms with Crippen LogP contribution in [-0.4, -0.2) is 41.0 Å². The van der Waals surface area contributed by atoms with Gasteiger partial charge < -0.3 is 5.32 Å². The van der Waals surface area contributed by atoms with Gasteiger partial charge in [-0.2, -0.15) is 5.26 Å². The monoisotopic (exact) mass is 378 g/mol. The number of fused-ring (bicyclic) bond motifs is 3. The van der Waals surface area contributed by atoms with Gasteiger partial charge in [0.25, 0.3) is 5.91 Å². The quantitative estimate of drug-likeness (QED) is 0.884. The lowest BCUT2D eigenvalue weighted by atomic mass is 9.79. The van der Waals surface area contributed by atoms with Crippen molar-refractivity contribution in [3.8, 4) is 6.07 Å². The fourth-order valence-corrected chi connectivity index (χ4v) is 4.84. The summed E-state index contributed by atoms with van der Waals surface area (Å²) in [7, 11) is 0. The first-order chi connectivity index (χ1) is 13.1. The van der Waals surface area contributed by atoms with Gasteiger partial charge in [0.15, 0.2) is 0 Å². The maximum atomic E-state index is 12.7. The number of amides is 1. The third-order valence-electron chi connectivity index (χ3n) is 5.68. The van der Waals surface area contributed by atoms with E-state index >= 15 is 0 Å². The van der Waals surface area contributed by atoms with Crippen LogP contribution < -0.4 is 5.32 Å². The van der Waals surface area contributed by atoms with Crippen LogP contribution in [-0.2, 0) is 0 Å². The Kier molecular flexibility index (Phi) is 5.15. The van der Waals surface area contributed by atoms with E-state index in [1.165, 1.54) is 24.6 Å². The number of benzene rings is 1. The van der Waals surface area contributed by atoms with Gasteiger partial charge >= 0.3 is 0 Å². The van der Waals surface area contributed by atoms with Gasteiger partial charge in [0, 0.05) is 28.7 Å². The Labute approximate surface area is 163 Å². The van der Waals surface area contributed by atoms with Gasteiger partial charge in [0.05, 0.1) is 5.56 Å². The molecule has 138 valence electrons.